The lowest BCUT2D eigenvalue weighted by Crippen LogP contribution is -2.08. The largest absolute Gasteiger partial charge is 0.329 e. The van der Waals surface area contributed by atoms with Gasteiger partial charge in [-0.3, -0.25) is 4.79 Å². The molecule has 98 valence electrons. The number of aliphatic imine (C=N–C) groups is 1. The van der Waals surface area contributed by atoms with Crippen molar-refractivity contribution in [1.82, 2.24) is 9.55 Å². The average Bonchev–Trinajstić information content (AvgIpc) is 2.58. The Morgan fingerprint density at radius 2 is 2.17 bits per heavy atom. The molecule has 0 aliphatic carbocycles. The van der Waals surface area contributed by atoms with Gasteiger partial charge in [0, 0.05) is 26.6 Å². The zero-order valence-corrected chi connectivity index (χ0v) is 11.8. The highest BCUT2D eigenvalue weighted by Crippen LogP contribution is 2.25. The lowest BCUT2D eigenvalue weighted by atomic mass is 9.86. The number of ketones is 1. The summed E-state index contributed by atoms with van der Waals surface area (Å²) < 4.78 is 1.69. The standard InChI is InChI=1S/C14H21N3O/c1-10(14(3,4)5)7-8-15-13-12(11(2)18)17(6)9-16-13/h8-9H,1,7H2,2-6H3/b15-8-. The Kier molecular flexibility index (Phi) is 4.22. The zero-order valence-electron chi connectivity index (χ0n) is 11.8. The summed E-state index contributed by atoms with van der Waals surface area (Å²) in [5.41, 5.74) is 1.71. The van der Waals surface area contributed by atoms with E-state index in [0.29, 0.717) is 17.9 Å². The van der Waals surface area contributed by atoms with Crippen LogP contribution < -0.4 is 0 Å². The number of nitrogens with zero attached hydrogens (tertiary/aromatic N) is 3. The third-order valence-corrected chi connectivity index (χ3v) is 2.86. The third kappa shape index (κ3) is 3.39. The van der Waals surface area contributed by atoms with Gasteiger partial charge in [0.15, 0.2) is 11.6 Å². The molecule has 0 saturated carbocycles. The van der Waals surface area contributed by atoms with Crippen molar-refractivity contribution >= 4 is 17.8 Å². The van der Waals surface area contributed by atoms with E-state index in [1.54, 1.807) is 24.2 Å². The van der Waals surface area contributed by atoms with E-state index >= 15 is 0 Å². The van der Waals surface area contributed by atoms with Gasteiger partial charge in [-0.05, 0) is 5.41 Å². The van der Waals surface area contributed by atoms with E-state index in [1.807, 2.05) is 0 Å². The number of allylic oxidation sites excluding steroid dienone is 1. The van der Waals surface area contributed by atoms with Gasteiger partial charge in [0.05, 0.1) is 6.33 Å². The van der Waals surface area contributed by atoms with Crippen LogP contribution in [0.5, 0.6) is 0 Å². The quantitative estimate of drug-likeness (QED) is 0.465. The number of carbonyl (C=O) groups is 1. The molecule has 0 bridgehead atoms. The molecule has 0 radical (unpaired) electrons. The van der Waals surface area contributed by atoms with E-state index in [4.69, 9.17) is 0 Å². The Morgan fingerprint density at radius 3 is 2.67 bits per heavy atom. The minimum atomic E-state index is -0.0307. The molecular formula is C14H21N3O. The average molecular weight is 247 g/mol. The van der Waals surface area contributed by atoms with Crippen LogP contribution in [0.1, 0.15) is 44.6 Å². The summed E-state index contributed by atoms with van der Waals surface area (Å²) in [4.78, 5) is 19.8. The predicted molar refractivity (Wildman–Crippen MR) is 74.6 cm³/mol. The second-order valence-corrected chi connectivity index (χ2v) is 5.45. The molecular weight excluding hydrogens is 226 g/mol. The first-order valence-electron chi connectivity index (χ1n) is 5.96. The highest BCUT2D eigenvalue weighted by atomic mass is 16.1. The number of hydrogen-bond donors (Lipinski definition) is 0. The maximum atomic E-state index is 11.5. The molecule has 0 aliphatic rings. The van der Waals surface area contributed by atoms with Gasteiger partial charge in [-0.15, -0.1) is 0 Å². The number of rotatable bonds is 4. The Labute approximate surface area is 108 Å². The van der Waals surface area contributed by atoms with E-state index in [2.05, 4.69) is 37.3 Å². The minimum absolute atomic E-state index is 0.0307. The van der Waals surface area contributed by atoms with Gasteiger partial charge < -0.3 is 4.57 Å². The van der Waals surface area contributed by atoms with Crippen molar-refractivity contribution in [3.63, 3.8) is 0 Å². The van der Waals surface area contributed by atoms with Crippen molar-refractivity contribution in [3.8, 4) is 0 Å². The van der Waals surface area contributed by atoms with E-state index < -0.39 is 0 Å². The zero-order chi connectivity index (χ0) is 13.9. The first kappa shape index (κ1) is 14.4. The Balaban J connectivity index is 2.81. The number of hydrogen-bond acceptors (Lipinski definition) is 3. The van der Waals surface area contributed by atoms with Crippen LogP contribution >= 0.6 is 0 Å². The Morgan fingerprint density at radius 1 is 1.56 bits per heavy atom. The van der Waals surface area contributed by atoms with Crippen LogP contribution in [0.3, 0.4) is 0 Å². The normalized spacial score (nSPS) is 12.1. The smallest absolute Gasteiger partial charge is 0.180 e. The van der Waals surface area contributed by atoms with Crippen molar-refractivity contribution in [2.45, 2.75) is 34.1 Å². The van der Waals surface area contributed by atoms with Gasteiger partial charge in [0.1, 0.15) is 5.69 Å². The second kappa shape index (κ2) is 5.29. The van der Waals surface area contributed by atoms with Crippen LogP contribution in [0.25, 0.3) is 0 Å². The fraction of sp³-hybridized carbons (Fsp3) is 0.500. The summed E-state index contributed by atoms with van der Waals surface area (Å²) in [6.07, 6.45) is 4.06. The Bertz CT molecular complexity index is 490. The first-order valence-corrected chi connectivity index (χ1v) is 5.96. The maximum absolute atomic E-state index is 11.5. The fourth-order valence-corrected chi connectivity index (χ4v) is 1.47. The molecule has 4 heteroatoms. The van der Waals surface area contributed by atoms with E-state index in [1.165, 1.54) is 6.92 Å². The number of aromatic nitrogens is 2. The molecule has 0 aromatic carbocycles. The monoisotopic (exact) mass is 247 g/mol. The van der Waals surface area contributed by atoms with E-state index in [0.717, 1.165) is 5.57 Å². The lowest BCUT2D eigenvalue weighted by Gasteiger charge is -2.20. The molecule has 0 fully saturated rings. The van der Waals surface area contributed by atoms with E-state index in [-0.39, 0.29) is 11.2 Å². The van der Waals surface area contributed by atoms with Crippen LogP contribution in [0.2, 0.25) is 0 Å². The number of Topliss-reactive ketones (excluding diaryl/α,β-unsaturated/α-hetero) is 1. The van der Waals surface area contributed by atoms with Gasteiger partial charge in [-0.1, -0.05) is 32.9 Å². The fourth-order valence-electron chi connectivity index (χ4n) is 1.47. The molecule has 0 amide bonds. The van der Waals surface area contributed by atoms with Gasteiger partial charge >= 0.3 is 0 Å². The molecule has 1 heterocycles. The molecule has 1 rings (SSSR count). The van der Waals surface area contributed by atoms with Crippen LogP contribution in [0.15, 0.2) is 23.5 Å². The van der Waals surface area contributed by atoms with Crippen molar-refractivity contribution < 1.29 is 4.79 Å². The van der Waals surface area contributed by atoms with Gasteiger partial charge in [0.2, 0.25) is 0 Å². The molecule has 1 aromatic heterocycles. The van der Waals surface area contributed by atoms with Gasteiger partial charge in [0.25, 0.3) is 0 Å². The number of carbonyl (C=O) groups excluding carboxylic acids is 1. The molecule has 18 heavy (non-hydrogen) atoms. The van der Waals surface area contributed by atoms with Crippen LogP contribution in [-0.4, -0.2) is 21.5 Å². The van der Waals surface area contributed by atoms with Crippen molar-refractivity contribution in [3.05, 3.63) is 24.2 Å². The summed E-state index contributed by atoms with van der Waals surface area (Å²) in [6.45, 7) is 11.9. The highest BCUT2D eigenvalue weighted by molar-refractivity contribution is 5.97. The molecule has 4 nitrogen and oxygen atoms in total. The molecule has 0 atom stereocenters. The number of imidazole rings is 1. The van der Waals surface area contributed by atoms with Gasteiger partial charge in [-0.25, -0.2) is 9.98 Å². The summed E-state index contributed by atoms with van der Waals surface area (Å²) in [7, 11) is 1.79. The van der Waals surface area contributed by atoms with E-state index in [9.17, 15) is 4.79 Å². The molecule has 0 spiro atoms. The molecule has 0 aliphatic heterocycles. The van der Waals surface area contributed by atoms with Crippen molar-refractivity contribution in [2.24, 2.45) is 17.5 Å². The molecule has 1 aromatic rings. The summed E-state index contributed by atoms with van der Waals surface area (Å²) in [6, 6.07) is 0. The van der Waals surface area contributed by atoms with Crippen LogP contribution in [0.4, 0.5) is 5.82 Å². The molecule has 0 unspecified atom stereocenters. The summed E-state index contributed by atoms with van der Waals surface area (Å²) in [5, 5.41) is 0. The summed E-state index contributed by atoms with van der Waals surface area (Å²) >= 11 is 0. The number of aryl methyl sites for hydroxylation is 1. The van der Waals surface area contributed by atoms with Crippen molar-refractivity contribution in [2.75, 3.05) is 0 Å². The van der Waals surface area contributed by atoms with Gasteiger partial charge in [-0.2, -0.15) is 0 Å². The lowest BCUT2D eigenvalue weighted by molar-refractivity contribution is 0.101. The third-order valence-electron chi connectivity index (χ3n) is 2.86. The second-order valence-electron chi connectivity index (χ2n) is 5.45. The predicted octanol–water partition coefficient (Wildman–Crippen LogP) is 3.32. The summed E-state index contributed by atoms with van der Waals surface area (Å²) in [5.74, 6) is 0.448. The maximum Gasteiger partial charge on any atom is 0.180 e. The molecule has 0 saturated heterocycles. The topological polar surface area (TPSA) is 47.2 Å². The molecule has 0 N–H and O–H groups in total. The highest BCUT2D eigenvalue weighted by Gasteiger charge is 2.14. The van der Waals surface area contributed by atoms with Crippen molar-refractivity contribution in [1.29, 1.82) is 0 Å². The minimum Gasteiger partial charge on any atom is -0.329 e. The van der Waals surface area contributed by atoms with Crippen LogP contribution in [-0.2, 0) is 7.05 Å². The first-order chi connectivity index (χ1) is 8.23. The van der Waals surface area contributed by atoms with Crippen LogP contribution in [0, 0.1) is 5.41 Å². The SMILES string of the molecule is C=C(C/C=N\c1ncn(C)c1C(C)=O)C(C)(C)C. The Hall–Kier alpha value is -1.71.